The van der Waals surface area contributed by atoms with E-state index >= 15 is 0 Å². The Morgan fingerprint density at radius 3 is 2.62 bits per heavy atom. The Kier molecular flexibility index (Phi) is 4.72. The van der Waals surface area contributed by atoms with E-state index in [2.05, 4.69) is 10.6 Å². The van der Waals surface area contributed by atoms with Crippen LogP contribution in [0.2, 0.25) is 0 Å². The van der Waals surface area contributed by atoms with Gasteiger partial charge in [0, 0.05) is 6.54 Å². The van der Waals surface area contributed by atoms with Crippen molar-refractivity contribution in [3.63, 3.8) is 0 Å². The fourth-order valence-corrected chi connectivity index (χ4v) is 1.34. The zero-order valence-electron chi connectivity index (χ0n) is 8.93. The zero-order valence-corrected chi connectivity index (χ0v) is 9.75. The minimum absolute atomic E-state index is 0.346. The Morgan fingerprint density at radius 1 is 1.44 bits per heavy atom. The minimum atomic E-state index is -0.927. The molecule has 1 atom stereocenters. The maximum atomic E-state index is 10.6. The van der Waals surface area contributed by atoms with Crippen molar-refractivity contribution in [1.82, 2.24) is 10.6 Å². The van der Waals surface area contributed by atoms with Crippen LogP contribution in [0.1, 0.15) is 12.5 Å². The van der Waals surface area contributed by atoms with Crippen LogP contribution in [0.4, 0.5) is 0 Å². The number of hydrogen-bond donors (Lipinski definition) is 3. The van der Waals surface area contributed by atoms with Crippen molar-refractivity contribution < 1.29 is 9.90 Å². The molecule has 1 aromatic rings. The Morgan fingerprint density at radius 2 is 2.06 bits per heavy atom. The first-order valence-electron chi connectivity index (χ1n) is 4.90. The molecule has 0 fully saturated rings. The molecule has 0 unspecified atom stereocenters. The summed E-state index contributed by atoms with van der Waals surface area (Å²) in [5, 5.41) is 14.6. The van der Waals surface area contributed by atoms with Crippen LogP contribution in [0.5, 0.6) is 0 Å². The Labute approximate surface area is 99.7 Å². The summed E-state index contributed by atoms with van der Waals surface area (Å²) in [6.45, 7) is 2.12. The predicted molar refractivity (Wildman–Crippen MR) is 66.1 cm³/mol. The van der Waals surface area contributed by atoms with Gasteiger partial charge in [-0.15, -0.1) is 0 Å². The predicted octanol–water partition coefficient (Wildman–Crippen LogP) is 1.12. The first-order valence-corrected chi connectivity index (χ1v) is 5.31. The summed E-state index contributed by atoms with van der Waals surface area (Å²) in [6, 6.07) is 9.07. The van der Waals surface area contributed by atoms with Gasteiger partial charge in [0.25, 0.3) is 0 Å². The van der Waals surface area contributed by atoms with Crippen LogP contribution in [-0.2, 0) is 11.3 Å². The van der Waals surface area contributed by atoms with Crippen molar-refractivity contribution in [2.24, 2.45) is 0 Å². The molecule has 0 aliphatic carbocycles. The molecule has 0 radical (unpaired) electrons. The van der Waals surface area contributed by atoms with E-state index in [4.69, 9.17) is 17.3 Å². The van der Waals surface area contributed by atoms with Gasteiger partial charge in [-0.1, -0.05) is 30.3 Å². The van der Waals surface area contributed by atoms with Crippen molar-refractivity contribution in [1.29, 1.82) is 0 Å². The van der Waals surface area contributed by atoms with Gasteiger partial charge in [-0.25, -0.2) is 0 Å². The van der Waals surface area contributed by atoms with Gasteiger partial charge in [0.05, 0.1) is 0 Å². The van der Waals surface area contributed by atoms with Gasteiger partial charge in [-0.2, -0.15) is 0 Å². The third-order valence-corrected chi connectivity index (χ3v) is 2.28. The van der Waals surface area contributed by atoms with E-state index < -0.39 is 12.0 Å². The maximum absolute atomic E-state index is 10.6. The van der Waals surface area contributed by atoms with Gasteiger partial charge in [0.2, 0.25) is 0 Å². The van der Waals surface area contributed by atoms with Crippen LogP contribution in [0.15, 0.2) is 30.3 Å². The molecule has 0 bridgehead atoms. The van der Waals surface area contributed by atoms with Gasteiger partial charge >= 0.3 is 5.97 Å². The summed E-state index contributed by atoms with van der Waals surface area (Å²) < 4.78 is 0. The van der Waals surface area contributed by atoms with Crippen LogP contribution < -0.4 is 10.6 Å². The molecule has 0 aliphatic rings. The quantitative estimate of drug-likeness (QED) is 0.686. The number of nitrogens with one attached hydrogen (secondary N) is 2. The number of hydrogen-bond acceptors (Lipinski definition) is 2. The molecule has 86 valence electrons. The van der Waals surface area contributed by atoms with Crippen molar-refractivity contribution >= 4 is 23.3 Å². The molecular formula is C11H14N2O2S. The van der Waals surface area contributed by atoms with E-state index in [0.717, 1.165) is 5.56 Å². The Hall–Kier alpha value is -1.62. The molecule has 0 saturated carbocycles. The number of carbonyl (C=O) groups is 1. The fraction of sp³-hybridized carbons (Fsp3) is 0.273. The summed E-state index contributed by atoms with van der Waals surface area (Å²) in [7, 11) is 0. The largest absolute Gasteiger partial charge is 0.480 e. The molecule has 0 amide bonds. The molecule has 0 saturated heterocycles. The van der Waals surface area contributed by atoms with E-state index in [0.29, 0.717) is 11.7 Å². The average Bonchev–Trinajstić information content (AvgIpc) is 2.27. The second-order valence-corrected chi connectivity index (χ2v) is 3.78. The lowest BCUT2D eigenvalue weighted by Gasteiger charge is -2.13. The van der Waals surface area contributed by atoms with Crippen molar-refractivity contribution in [3.8, 4) is 0 Å². The molecular weight excluding hydrogens is 224 g/mol. The highest BCUT2D eigenvalue weighted by Gasteiger charge is 2.10. The summed E-state index contributed by atoms with van der Waals surface area (Å²) in [5.74, 6) is -0.927. The Balaban J connectivity index is 2.33. The van der Waals surface area contributed by atoms with Crippen LogP contribution in [0, 0.1) is 0 Å². The number of aliphatic carboxylic acids is 1. The third-order valence-electron chi connectivity index (χ3n) is 2.01. The van der Waals surface area contributed by atoms with Crippen molar-refractivity contribution in [2.75, 3.05) is 0 Å². The monoisotopic (exact) mass is 238 g/mol. The molecule has 0 aliphatic heterocycles. The minimum Gasteiger partial charge on any atom is -0.480 e. The summed E-state index contributed by atoms with van der Waals surface area (Å²) in [4.78, 5) is 10.6. The number of rotatable bonds is 4. The fourth-order valence-electron chi connectivity index (χ4n) is 1.09. The smallest absolute Gasteiger partial charge is 0.325 e. The van der Waals surface area contributed by atoms with E-state index in [1.54, 1.807) is 6.92 Å². The van der Waals surface area contributed by atoms with Crippen LogP contribution >= 0.6 is 12.2 Å². The molecule has 0 spiro atoms. The maximum Gasteiger partial charge on any atom is 0.325 e. The molecule has 1 rings (SSSR count). The first kappa shape index (κ1) is 12.4. The molecule has 1 aromatic carbocycles. The van der Waals surface area contributed by atoms with Crippen molar-refractivity contribution in [2.45, 2.75) is 19.5 Å². The van der Waals surface area contributed by atoms with Gasteiger partial charge in [0.15, 0.2) is 5.11 Å². The molecule has 16 heavy (non-hydrogen) atoms. The standard InChI is InChI=1S/C11H14N2O2S/c1-8(10(14)15)13-11(16)12-7-9-5-3-2-4-6-9/h2-6,8H,7H2,1H3,(H,14,15)(H2,12,13,16)/t8-/m0/s1. The van der Waals surface area contributed by atoms with Gasteiger partial charge in [-0.05, 0) is 24.7 Å². The molecule has 5 heteroatoms. The highest BCUT2D eigenvalue weighted by Crippen LogP contribution is 1.96. The number of thiocarbonyl (C=S) groups is 1. The normalized spacial score (nSPS) is 11.6. The SMILES string of the molecule is C[C@H](NC(=S)NCc1ccccc1)C(=O)O. The average molecular weight is 238 g/mol. The van der Waals surface area contributed by atoms with E-state index in [1.807, 2.05) is 30.3 Å². The van der Waals surface area contributed by atoms with E-state index in [1.165, 1.54) is 0 Å². The second-order valence-electron chi connectivity index (χ2n) is 3.37. The van der Waals surface area contributed by atoms with E-state index in [-0.39, 0.29) is 0 Å². The van der Waals surface area contributed by atoms with Gasteiger partial charge in [0.1, 0.15) is 6.04 Å². The number of carboxylic acid groups (broad SMARTS) is 1. The second kappa shape index (κ2) is 6.07. The highest BCUT2D eigenvalue weighted by atomic mass is 32.1. The molecule has 3 N–H and O–H groups in total. The van der Waals surface area contributed by atoms with Gasteiger partial charge < -0.3 is 15.7 Å². The summed E-state index contributed by atoms with van der Waals surface area (Å²) >= 11 is 4.96. The van der Waals surface area contributed by atoms with Crippen LogP contribution in [0.3, 0.4) is 0 Å². The molecule has 4 nitrogen and oxygen atoms in total. The lowest BCUT2D eigenvalue weighted by molar-refractivity contribution is -0.138. The molecule has 0 aromatic heterocycles. The Bertz CT molecular complexity index is 368. The van der Waals surface area contributed by atoms with E-state index in [9.17, 15) is 4.79 Å². The highest BCUT2D eigenvalue weighted by molar-refractivity contribution is 7.80. The summed E-state index contributed by atoms with van der Waals surface area (Å²) in [5.41, 5.74) is 1.09. The van der Waals surface area contributed by atoms with Crippen LogP contribution in [0.25, 0.3) is 0 Å². The molecule has 0 heterocycles. The summed E-state index contributed by atoms with van der Waals surface area (Å²) in [6.07, 6.45) is 0. The lowest BCUT2D eigenvalue weighted by Crippen LogP contribution is -2.43. The zero-order chi connectivity index (χ0) is 12.0. The topological polar surface area (TPSA) is 61.4 Å². The number of carboxylic acids is 1. The van der Waals surface area contributed by atoms with Crippen LogP contribution in [-0.4, -0.2) is 22.2 Å². The number of benzene rings is 1. The first-order chi connectivity index (χ1) is 7.59. The lowest BCUT2D eigenvalue weighted by atomic mass is 10.2. The van der Waals surface area contributed by atoms with Gasteiger partial charge in [-0.3, -0.25) is 4.79 Å². The van der Waals surface area contributed by atoms with Crippen molar-refractivity contribution in [3.05, 3.63) is 35.9 Å². The third kappa shape index (κ3) is 4.27.